The number of nitrogens with one attached hydrogen (secondary N) is 1. The van der Waals surface area contributed by atoms with E-state index in [1.165, 1.54) is 0 Å². The van der Waals surface area contributed by atoms with Crippen molar-refractivity contribution in [2.45, 2.75) is 13.3 Å². The second kappa shape index (κ2) is 11.3. The average Bonchev–Trinajstić information content (AvgIpc) is 2.71. The van der Waals surface area contributed by atoms with E-state index in [0.717, 1.165) is 23.8 Å². The number of hydrogen-bond acceptors (Lipinski definition) is 5. The van der Waals surface area contributed by atoms with Crippen molar-refractivity contribution >= 4 is 23.7 Å². The van der Waals surface area contributed by atoms with Crippen molar-refractivity contribution < 1.29 is 19.4 Å². The second-order valence-electron chi connectivity index (χ2n) is 5.34. The number of rotatable bonds is 8. The zero-order chi connectivity index (χ0) is 20.2. The fourth-order valence-electron chi connectivity index (χ4n) is 2.35. The van der Waals surface area contributed by atoms with Crippen molar-refractivity contribution in [2.24, 2.45) is 4.99 Å². The van der Waals surface area contributed by atoms with Crippen LogP contribution in [-0.4, -0.2) is 37.4 Å². The molecule has 0 aliphatic carbocycles. The average molecular weight is 368 g/mol. The molecule has 0 bridgehead atoms. The first-order chi connectivity index (χ1) is 13.0. The number of aldehydes is 1. The predicted molar refractivity (Wildman–Crippen MR) is 107 cm³/mol. The number of amidine groups is 1. The van der Waals surface area contributed by atoms with Crippen LogP contribution in [0.3, 0.4) is 0 Å². The lowest BCUT2D eigenvalue weighted by molar-refractivity contribution is -0.136. The van der Waals surface area contributed by atoms with Crippen LogP contribution in [0.5, 0.6) is 0 Å². The summed E-state index contributed by atoms with van der Waals surface area (Å²) in [6.45, 7) is 5.62. The Kier molecular flexibility index (Phi) is 9.02. The first-order valence-corrected chi connectivity index (χ1v) is 8.25. The molecular formula is C21H24N2O4. The Balaban J connectivity index is 3.23. The van der Waals surface area contributed by atoms with Crippen LogP contribution in [0.4, 0.5) is 0 Å². The molecule has 1 aromatic rings. The molecule has 142 valence electrons. The molecular weight excluding hydrogens is 344 g/mol. The number of nitrogens with zero attached hydrogens (tertiary/aromatic N) is 1. The third-order valence-corrected chi connectivity index (χ3v) is 3.71. The van der Waals surface area contributed by atoms with Crippen molar-refractivity contribution in [1.29, 1.82) is 0 Å². The number of hydrogen-bond donors (Lipinski definition) is 2. The number of carbonyl (C=O) groups is 2. The summed E-state index contributed by atoms with van der Waals surface area (Å²) < 4.78 is 4.59. The molecule has 0 amide bonds. The maximum Gasteiger partial charge on any atom is 0.358 e. The lowest BCUT2D eigenvalue weighted by Crippen LogP contribution is -2.31. The molecule has 0 spiro atoms. The van der Waals surface area contributed by atoms with Crippen molar-refractivity contribution in [3.8, 4) is 0 Å². The van der Waals surface area contributed by atoms with Crippen LogP contribution in [0.15, 0.2) is 71.6 Å². The van der Waals surface area contributed by atoms with E-state index in [0.29, 0.717) is 12.3 Å². The van der Waals surface area contributed by atoms with Crippen LogP contribution in [-0.2, 0) is 20.7 Å². The molecule has 6 heteroatoms. The van der Waals surface area contributed by atoms with Gasteiger partial charge in [-0.05, 0) is 23.6 Å². The summed E-state index contributed by atoms with van der Waals surface area (Å²) in [6, 6.07) is 7.74. The van der Waals surface area contributed by atoms with Crippen LogP contribution < -0.4 is 5.32 Å². The van der Waals surface area contributed by atoms with Gasteiger partial charge in [-0.2, -0.15) is 0 Å². The van der Waals surface area contributed by atoms with Gasteiger partial charge in [0.1, 0.15) is 5.84 Å². The molecule has 0 radical (unpaired) electrons. The number of aliphatic imine (C=N–C) groups is 1. The number of allylic oxidation sites excluding steroid dienone is 6. The Hall–Kier alpha value is -3.41. The lowest BCUT2D eigenvalue weighted by Gasteiger charge is -2.15. The summed E-state index contributed by atoms with van der Waals surface area (Å²) in [6.07, 6.45) is 7.98. The van der Waals surface area contributed by atoms with E-state index in [1.54, 1.807) is 13.1 Å². The molecule has 0 saturated carbocycles. The number of ether oxygens (including phenoxy) is 1. The van der Waals surface area contributed by atoms with Crippen molar-refractivity contribution in [1.82, 2.24) is 5.32 Å². The third kappa shape index (κ3) is 6.11. The van der Waals surface area contributed by atoms with E-state index in [9.17, 15) is 14.7 Å². The highest BCUT2D eigenvalue weighted by atomic mass is 16.5. The Morgan fingerprint density at radius 1 is 1.37 bits per heavy atom. The van der Waals surface area contributed by atoms with E-state index in [2.05, 4.69) is 21.6 Å². The number of carbonyl (C=O) groups excluding carboxylic acids is 2. The molecule has 27 heavy (non-hydrogen) atoms. The maximum absolute atomic E-state index is 11.8. The first-order valence-electron chi connectivity index (χ1n) is 8.25. The van der Waals surface area contributed by atoms with Gasteiger partial charge < -0.3 is 15.2 Å². The van der Waals surface area contributed by atoms with Crippen molar-refractivity contribution in [3.63, 3.8) is 0 Å². The lowest BCUT2D eigenvalue weighted by atomic mass is 9.96. The molecule has 0 heterocycles. The molecule has 6 nitrogen and oxygen atoms in total. The summed E-state index contributed by atoms with van der Waals surface area (Å²) in [5, 5.41) is 12.4. The molecule has 0 aliphatic heterocycles. The topological polar surface area (TPSA) is 88.0 Å². The number of aliphatic hydroxyl groups excluding tert-OH is 1. The fourth-order valence-corrected chi connectivity index (χ4v) is 2.35. The summed E-state index contributed by atoms with van der Waals surface area (Å²) in [4.78, 5) is 26.8. The van der Waals surface area contributed by atoms with Gasteiger partial charge in [0.2, 0.25) is 0 Å². The predicted octanol–water partition coefficient (Wildman–Crippen LogP) is 3.13. The highest BCUT2D eigenvalue weighted by Crippen LogP contribution is 2.21. The zero-order valence-electron chi connectivity index (χ0n) is 15.7. The molecule has 0 aliphatic rings. The SMILES string of the molecule is C=C/C=C\C(=C/C)c1ccccc1CC(=NC)N/C(C(=O)OC)=C(/O)C=O. The minimum Gasteiger partial charge on any atom is -0.503 e. The monoisotopic (exact) mass is 368 g/mol. The van der Waals surface area contributed by atoms with Crippen LogP contribution >= 0.6 is 0 Å². The van der Waals surface area contributed by atoms with E-state index in [4.69, 9.17) is 0 Å². The molecule has 1 aromatic carbocycles. The summed E-state index contributed by atoms with van der Waals surface area (Å²) in [7, 11) is 2.70. The van der Waals surface area contributed by atoms with Crippen LogP contribution in [0.25, 0.3) is 5.57 Å². The standard InChI is InChI=1S/C21H24N2O4/c1-5-7-10-15(6-2)17-12-9-8-11-16(17)13-19(22-3)23-20(18(25)14-24)21(26)27-4/h5-12,14,25H,1,13H2,2-4H3,(H,22,23)/b10-7-,15-6+,20-18+. The summed E-state index contributed by atoms with van der Waals surface area (Å²) >= 11 is 0. The minimum absolute atomic E-state index is 0.165. The van der Waals surface area contributed by atoms with Crippen LogP contribution in [0.2, 0.25) is 0 Å². The third-order valence-electron chi connectivity index (χ3n) is 3.71. The quantitative estimate of drug-likeness (QED) is 0.140. The summed E-state index contributed by atoms with van der Waals surface area (Å²) in [5.74, 6) is -1.23. The van der Waals surface area contributed by atoms with E-state index in [1.807, 2.05) is 49.4 Å². The van der Waals surface area contributed by atoms with Crippen molar-refractivity contribution in [2.75, 3.05) is 14.2 Å². The summed E-state index contributed by atoms with van der Waals surface area (Å²) in [5.41, 5.74) is 2.58. The van der Waals surface area contributed by atoms with Gasteiger partial charge in [-0.3, -0.25) is 9.79 Å². The van der Waals surface area contributed by atoms with Crippen molar-refractivity contribution in [3.05, 3.63) is 77.7 Å². The Labute approximate surface area is 159 Å². The van der Waals surface area contributed by atoms with Gasteiger partial charge >= 0.3 is 5.97 Å². The second-order valence-corrected chi connectivity index (χ2v) is 5.34. The zero-order valence-corrected chi connectivity index (χ0v) is 15.7. The van der Waals surface area contributed by atoms with Gasteiger partial charge in [0.15, 0.2) is 17.7 Å². The van der Waals surface area contributed by atoms with Crippen LogP contribution in [0.1, 0.15) is 18.1 Å². The molecule has 0 aromatic heterocycles. The van der Waals surface area contributed by atoms with Crippen LogP contribution in [0, 0.1) is 0 Å². The van der Waals surface area contributed by atoms with Gasteiger partial charge in [-0.15, -0.1) is 0 Å². The smallest absolute Gasteiger partial charge is 0.358 e. The minimum atomic E-state index is -0.864. The molecule has 0 saturated heterocycles. The number of esters is 1. The first kappa shape index (κ1) is 21.6. The van der Waals surface area contributed by atoms with Gasteiger partial charge in [0, 0.05) is 13.5 Å². The maximum atomic E-state index is 11.8. The van der Waals surface area contributed by atoms with E-state index >= 15 is 0 Å². The molecule has 0 unspecified atom stereocenters. The molecule has 2 N–H and O–H groups in total. The normalized spacial score (nSPS) is 13.1. The Bertz CT molecular complexity index is 817. The van der Waals surface area contributed by atoms with Gasteiger partial charge in [-0.1, -0.05) is 55.1 Å². The molecule has 0 fully saturated rings. The molecule has 0 atom stereocenters. The number of benzene rings is 1. The fraction of sp³-hybridized carbons (Fsp3) is 0.190. The van der Waals surface area contributed by atoms with E-state index in [-0.39, 0.29) is 12.0 Å². The van der Waals surface area contributed by atoms with Gasteiger partial charge in [0.25, 0.3) is 0 Å². The highest BCUT2D eigenvalue weighted by Gasteiger charge is 2.18. The largest absolute Gasteiger partial charge is 0.503 e. The van der Waals surface area contributed by atoms with Gasteiger partial charge in [0.05, 0.1) is 7.11 Å². The highest BCUT2D eigenvalue weighted by molar-refractivity contribution is 6.00. The van der Waals surface area contributed by atoms with Gasteiger partial charge in [-0.25, -0.2) is 4.79 Å². The number of aliphatic hydroxyl groups is 1. The Morgan fingerprint density at radius 2 is 2.07 bits per heavy atom. The Morgan fingerprint density at radius 3 is 2.63 bits per heavy atom. The molecule has 1 rings (SSSR count). The van der Waals surface area contributed by atoms with E-state index < -0.39 is 11.7 Å². The number of methoxy groups -OCH3 is 1.